The van der Waals surface area contributed by atoms with Crippen LogP contribution >= 0.6 is 0 Å². The van der Waals surface area contributed by atoms with Crippen LogP contribution in [0.15, 0.2) is 12.2 Å². The summed E-state index contributed by atoms with van der Waals surface area (Å²) in [7, 11) is -3.99. The molecule has 0 aliphatic carbocycles. The second-order valence-corrected chi connectivity index (χ2v) is 8.94. The molecule has 0 N–H and O–H groups in total. The number of unbranched alkanes of at least 4 members (excludes halogenated alkanes) is 6. The van der Waals surface area contributed by atoms with E-state index in [4.69, 9.17) is 4.74 Å². The van der Waals surface area contributed by atoms with Gasteiger partial charge in [0.25, 0.3) is 0 Å². The summed E-state index contributed by atoms with van der Waals surface area (Å²) >= 11 is 0. The van der Waals surface area contributed by atoms with Gasteiger partial charge in [0, 0.05) is 12.2 Å². The molecule has 0 aliphatic heterocycles. The number of rotatable bonds is 15. The van der Waals surface area contributed by atoms with Gasteiger partial charge in [-0.3, -0.25) is 0 Å². The zero-order chi connectivity index (χ0) is 20.7. The maximum absolute atomic E-state index is 12.0. The predicted octanol–water partition coefficient (Wildman–Crippen LogP) is 4.03. The molecule has 0 aromatic rings. The third kappa shape index (κ3) is 15.5. The number of esters is 1. The number of hydrogen-bond donors (Lipinski definition) is 0. The van der Waals surface area contributed by atoms with Crippen LogP contribution in [0.4, 0.5) is 0 Å². The normalized spacial score (nSPS) is 13.6. The molecule has 0 aliphatic rings. The Morgan fingerprint density at radius 3 is 1.86 bits per heavy atom. The average Bonchev–Trinajstić information content (AvgIpc) is 2.60. The summed E-state index contributed by atoms with van der Waals surface area (Å²) in [5, 5.41) is -0.762. The summed E-state index contributed by atoms with van der Waals surface area (Å²) < 4.78 is 33.7. The molecule has 0 saturated carbocycles. The zero-order valence-corrected chi connectivity index (χ0v) is 18.1. The van der Waals surface area contributed by atoms with Crippen LogP contribution in [0.1, 0.15) is 91.9 Å². The van der Waals surface area contributed by atoms with Crippen LogP contribution in [-0.4, -0.2) is 61.3 Å². The van der Waals surface area contributed by atoms with Gasteiger partial charge in [-0.25, -0.2) is 9.59 Å². The molecule has 0 bridgehead atoms. The summed E-state index contributed by atoms with van der Waals surface area (Å²) in [6.07, 6.45) is 10.8. The van der Waals surface area contributed by atoms with Crippen molar-refractivity contribution in [2.75, 3.05) is 0 Å². The third-order valence-corrected chi connectivity index (χ3v) is 5.91. The van der Waals surface area contributed by atoms with Crippen molar-refractivity contribution < 1.29 is 26.9 Å². The Labute approximate surface area is 193 Å². The summed E-state index contributed by atoms with van der Waals surface area (Å²) in [5.74, 6) is -1.76. The average molecular weight is 429 g/mol. The quantitative estimate of drug-likeness (QED) is 0.129. The van der Waals surface area contributed by atoms with Crippen molar-refractivity contribution in [3.05, 3.63) is 12.2 Å². The van der Waals surface area contributed by atoms with Gasteiger partial charge in [0.05, 0.1) is 11.4 Å². The number of hydrogen-bond acceptors (Lipinski definition) is 6. The van der Waals surface area contributed by atoms with Crippen molar-refractivity contribution in [3.8, 4) is 0 Å². The second kappa shape index (κ2) is 17.5. The van der Waals surface area contributed by atoms with Crippen LogP contribution in [0.25, 0.3) is 0 Å². The Kier molecular flexibility index (Phi) is 18.6. The summed E-state index contributed by atoms with van der Waals surface area (Å²) in [5.41, 5.74) is 0. The molecular weight excluding hydrogens is 391 g/mol. The SMILES string of the molecule is CCCCCCC(C)OC(=O)/C=C\C(=O)OS(=O)(=O)C(C)CCCCCC.[NaH]. The summed E-state index contributed by atoms with van der Waals surface area (Å²) in [6, 6.07) is 0. The monoisotopic (exact) mass is 428 g/mol. The van der Waals surface area contributed by atoms with Gasteiger partial charge in [-0.05, 0) is 33.1 Å². The fourth-order valence-corrected chi connectivity index (χ4v) is 3.42. The number of carbonyl (C=O) groups excluding carboxylic acids is 2. The molecule has 0 rings (SSSR count). The molecule has 0 heterocycles. The minimum atomic E-state index is -3.99. The van der Waals surface area contributed by atoms with Gasteiger partial charge in [0.15, 0.2) is 0 Å². The van der Waals surface area contributed by atoms with E-state index in [2.05, 4.69) is 18.0 Å². The molecule has 160 valence electrons. The Morgan fingerprint density at radius 2 is 1.32 bits per heavy atom. The van der Waals surface area contributed by atoms with Crippen molar-refractivity contribution in [3.63, 3.8) is 0 Å². The van der Waals surface area contributed by atoms with E-state index in [9.17, 15) is 18.0 Å². The van der Waals surface area contributed by atoms with Crippen molar-refractivity contribution in [1.82, 2.24) is 0 Å². The molecule has 2 unspecified atom stereocenters. The Hall–Kier alpha value is -0.370. The molecular formula is C20H37NaO6S. The zero-order valence-electron chi connectivity index (χ0n) is 17.2. The van der Waals surface area contributed by atoms with E-state index in [0.29, 0.717) is 6.42 Å². The van der Waals surface area contributed by atoms with E-state index in [0.717, 1.165) is 69.9 Å². The molecule has 0 aromatic heterocycles. The molecule has 0 saturated heterocycles. The van der Waals surface area contributed by atoms with Crippen LogP contribution in [0.3, 0.4) is 0 Å². The van der Waals surface area contributed by atoms with E-state index in [1.54, 1.807) is 6.92 Å². The topological polar surface area (TPSA) is 86.7 Å². The first-order chi connectivity index (χ1) is 12.7. The van der Waals surface area contributed by atoms with Gasteiger partial charge >= 0.3 is 51.6 Å². The fourth-order valence-electron chi connectivity index (χ4n) is 2.52. The van der Waals surface area contributed by atoms with Crippen LogP contribution in [0, 0.1) is 0 Å². The maximum atomic E-state index is 12.0. The van der Waals surface area contributed by atoms with Gasteiger partial charge in [-0.15, -0.1) is 0 Å². The standard InChI is InChI=1S/C20H36O6S.Na.H/c1-5-7-9-11-13-17(3)25-19(21)15-16-20(22)26-27(23,24)18(4)14-12-10-8-6-2;;/h15-18H,5-14H2,1-4H3;;/b16-15-;;. The fraction of sp³-hybridized carbons (Fsp3) is 0.800. The predicted molar refractivity (Wildman–Crippen MR) is 114 cm³/mol. The summed E-state index contributed by atoms with van der Waals surface area (Å²) in [4.78, 5) is 23.4. The Bertz CT molecular complexity index is 559. The molecule has 0 spiro atoms. The van der Waals surface area contributed by atoms with Crippen molar-refractivity contribution in [2.24, 2.45) is 0 Å². The van der Waals surface area contributed by atoms with Gasteiger partial charge in [-0.2, -0.15) is 8.42 Å². The summed E-state index contributed by atoms with van der Waals surface area (Å²) in [6.45, 7) is 7.51. The third-order valence-electron chi connectivity index (χ3n) is 4.29. The van der Waals surface area contributed by atoms with Crippen molar-refractivity contribution in [2.45, 2.75) is 103 Å². The first-order valence-electron chi connectivity index (χ1n) is 10.1. The van der Waals surface area contributed by atoms with Gasteiger partial charge in [0.1, 0.15) is 0 Å². The van der Waals surface area contributed by atoms with E-state index in [-0.39, 0.29) is 35.7 Å². The molecule has 6 nitrogen and oxygen atoms in total. The van der Waals surface area contributed by atoms with Crippen molar-refractivity contribution >= 4 is 51.6 Å². The molecule has 28 heavy (non-hydrogen) atoms. The number of carbonyl (C=O) groups is 2. The molecule has 0 aromatic carbocycles. The number of ether oxygens (including phenoxy) is 1. The van der Waals surface area contributed by atoms with Gasteiger partial charge in [-0.1, -0.05) is 58.8 Å². The van der Waals surface area contributed by atoms with E-state index >= 15 is 0 Å². The first-order valence-corrected chi connectivity index (χ1v) is 11.6. The Morgan fingerprint density at radius 1 is 0.821 bits per heavy atom. The van der Waals surface area contributed by atoms with E-state index in [1.807, 2.05) is 0 Å². The molecule has 0 fully saturated rings. The van der Waals surface area contributed by atoms with E-state index < -0.39 is 27.3 Å². The van der Waals surface area contributed by atoms with E-state index in [1.165, 1.54) is 6.92 Å². The molecule has 0 amide bonds. The molecule has 0 radical (unpaired) electrons. The molecule has 2 atom stereocenters. The van der Waals surface area contributed by atoms with Crippen LogP contribution < -0.4 is 0 Å². The van der Waals surface area contributed by atoms with Crippen molar-refractivity contribution in [1.29, 1.82) is 0 Å². The second-order valence-electron chi connectivity index (χ2n) is 6.99. The molecule has 8 heteroatoms. The first kappa shape index (κ1) is 29.8. The minimum absolute atomic E-state index is 0. The van der Waals surface area contributed by atoms with Crippen LogP contribution in [0.2, 0.25) is 0 Å². The van der Waals surface area contributed by atoms with Crippen LogP contribution in [-0.2, 0) is 28.6 Å². The Balaban J connectivity index is 0. The van der Waals surface area contributed by atoms with Gasteiger partial charge in [0.2, 0.25) is 0 Å². The van der Waals surface area contributed by atoms with Crippen LogP contribution in [0.5, 0.6) is 0 Å². The van der Waals surface area contributed by atoms with Gasteiger partial charge < -0.3 is 8.92 Å².